The van der Waals surface area contributed by atoms with Gasteiger partial charge in [-0.15, -0.1) is 0 Å². The fourth-order valence-corrected chi connectivity index (χ4v) is 5.42. The molecular weight excluding hydrogens is 412 g/mol. The zero-order valence-electron chi connectivity index (χ0n) is 17.4. The first kappa shape index (κ1) is 19.0. The summed E-state index contributed by atoms with van der Waals surface area (Å²) in [7, 11) is 0. The van der Waals surface area contributed by atoms with Crippen LogP contribution in [0.25, 0.3) is 28.3 Å². The predicted molar refractivity (Wildman–Crippen MR) is 120 cm³/mol. The molecule has 31 heavy (non-hydrogen) atoms. The van der Waals surface area contributed by atoms with Crippen molar-refractivity contribution >= 4 is 34.3 Å². The zero-order chi connectivity index (χ0) is 20.9. The van der Waals surface area contributed by atoms with E-state index in [2.05, 4.69) is 33.3 Å². The second-order valence-electron chi connectivity index (χ2n) is 9.14. The average molecular weight is 437 g/mol. The van der Waals surface area contributed by atoms with Gasteiger partial charge in [0.05, 0.1) is 18.4 Å². The van der Waals surface area contributed by atoms with Gasteiger partial charge in [-0.3, -0.25) is 0 Å². The van der Waals surface area contributed by atoms with E-state index in [-0.39, 0.29) is 0 Å². The maximum Gasteiger partial charge on any atom is 0.166 e. The van der Waals surface area contributed by atoms with Crippen molar-refractivity contribution in [3.8, 4) is 11.4 Å². The summed E-state index contributed by atoms with van der Waals surface area (Å²) in [5, 5.41) is 4.09. The molecule has 7 rings (SSSR count). The van der Waals surface area contributed by atoms with Crippen LogP contribution in [0.3, 0.4) is 0 Å². The van der Waals surface area contributed by atoms with Crippen LogP contribution in [0.15, 0.2) is 24.5 Å². The van der Waals surface area contributed by atoms with Crippen LogP contribution < -0.4 is 5.32 Å². The van der Waals surface area contributed by atoms with Gasteiger partial charge >= 0.3 is 0 Å². The Labute approximate surface area is 185 Å². The van der Waals surface area contributed by atoms with Gasteiger partial charge in [-0.05, 0) is 37.2 Å². The highest BCUT2D eigenvalue weighted by Gasteiger charge is 2.35. The van der Waals surface area contributed by atoms with E-state index >= 15 is 0 Å². The molecule has 3 aromatic rings. The molecule has 4 aliphatic rings. The van der Waals surface area contributed by atoms with Crippen LogP contribution in [0.5, 0.6) is 0 Å². The van der Waals surface area contributed by atoms with Crippen LogP contribution in [0.2, 0.25) is 5.15 Å². The topological polar surface area (TPSA) is 88.6 Å². The lowest BCUT2D eigenvalue weighted by molar-refractivity contribution is 0.157. The van der Waals surface area contributed by atoms with Crippen LogP contribution in [0.4, 0.5) is 5.82 Å². The van der Waals surface area contributed by atoms with Crippen molar-refractivity contribution in [1.82, 2.24) is 24.9 Å². The molecule has 0 saturated heterocycles. The van der Waals surface area contributed by atoms with Gasteiger partial charge in [0.25, 0.3) is 0 Å². The van der Waals surface area contributed by atoms with E-state index in [1.165, 1.54) is 38.3 Å². The minimum atomic E-state index is 0.344. The van der Waals surface area contributed by atoms with Crippen molar-refractivity contribution in [2.45, 2.75) is 45.1 Å². The number of nitrogens with one attached hydrogen (secondary N) is 2. The van der Waals surface area contributed by atoms with Gasteiger partial charge in [-0.1, -0.05) is 31.4 Å². The van der Waals surface area contributed by atoms with Crippen molar-refractivity contribution in [3.63, 3.8) is 0 Å². The Morgan fingerprint density at radius 3 is 2.77 bits per heavy atom. The minimum absolute atomic E-state index is 0.344. The van der Waals surface area contributed by atoms with Crippen molar-refractivity contribution < 1.29 is 4.74 Å². The third kappa shape index (κ3) is 3.55. The van der Waals surface area contributed by atoms with E-state index in [0.717, 1.165) is 34.7 Å². The van der Waals surface area contributed by atoms with Crippen molar-refractivity contribution in [2.75, 3.05) is 11.9 Å². The first-order valence-electron chi connectivity index (χ1n) is 11.1. The highest BCUT2D eigenvalue weighted by Crippen LogP contribution is 2.42. The number of rotatable bonds is 4. The Hall–Kier alpha value is -2.67. The molecule has 0 radical (unpaired) electrons. The molecule has 8 heteroatoms. The van der Waals surface area contributed by atoms with Gasteiger partial charge in [0.2, 0.25) is 0 Å². The maximum atomic E-state index is 6.11. The minimum Gasteiger partial charge on any atom is -0.491 e. The van der Waals surface area contributed by atoms with Gasteiger partial charge in [-0.2, -0.15) is 0 Å². The number of aromatic amines is 1. The second kappa shape index (κ2) is 7.48. The van der Waals surface area contributed by atoms with Crippen molar-refractivity contribution in [2.24, 2.45) is 17.8 Å². The molecule has 3 aromatic heterocycles. The van der Waals surface area contributed by atoms with E-state index in [0.29, 0.717) is 40.7 Å². The Morgan fingerprint density at radius 2 is 2.03 bits per heavy atom. The Balaban J connectivity index is 1.42. The monoisotopic (exact) mass is 436 g/mol. The van der Waals surface area contributed by atoms with Crippen LogP contribution in [0, 0.1) is 17.8 Å². The molecule has 0 aromatic carbocycles. The molecule has 0 amide bonds. The first-order chi connectivity index (χ1) is 15.1. The maximum absolute atomic E-state index is 6.11. The Kier molecular flexibility index (Phi) is 4.60. The number of aromatic nitrogens is 5. The van der Waals surface area contributed by atoms with Crippen LogP contribution >= 0.6 is 11.6 Å². The molecule has 7 nitrogen and oxygen atoms in total. The standard InChI is InChI=1S/C23H25ClN6O/c1-12-6-18(31-11-12)17-8-20(27-16-7-13-2-4-14(16)5-3-13)30-22(28-17)15-9-25-23-21(15)29-19(24)10-26-23/h6,8-10,12-14,16H,2-5,7,11H2,1H3,(H,25,26)(H,27,28,30)/t12?,13?,14?,16-/m0/s1. The van der Waals surface area contributed by atoms with Gasteiger partial charge in [-0.25, -0.2) is 19.9 Å². The Morgan fingerprint density at radius 1 is 1.16 bits per heavy atom. The SMILES string of the molecule is CC1C=C(c2cc(N[C@H]3CC4CCC3CC4)nc(-c3c[nH]c4ncc(Cl)nc34)n2)OC1. The van der Waals surface area contributed by atoms with E-state index in [9.17, 15) is 0 Å². The number of hydrogen-bond donors (Lipinski definition) is 2. The first-order valence-corrected chi connectivity index (χ1v) is 11.5. The molecule has 2 atom stereocenters. The number of halogens is 1. The molecule has 4 heterocycles. The number of anilines is 1. The fourth-order valence-electron chi connectivity index (χ4n) is 5.29. The number of nitrogens with zero attached hydrogens (tertiary/aromatic N) is 4. The van der Waals surface area contributed by atoms with Crippen molar-refractivity contribution in [1.29, 1.82) is 0 Å². The number of hydrogen-bond acceptors (Lipinski definition) is 6. The molecule has 160 valence electrons. The molecular formula is C23H25ClN6O. The highest BCUT2D eigenvalue weighted by molar-refractivity contribution is 6.29. The summed E-state index contributed by atoms with van der Waals surface area (Å²) in [6, 6.07) is 2.49. The molecule has 2 N–H and O–H groups in total. The molecule has 1 aliphatic heterocycles. The summed E-state index contributed by atoms with van der Waals surface area (Å²) < 4.78 is 5.91. The lowest BCUT2D eigenvalue weighted by Gasteiger charge is -2.42. The summed E-state index contributed by atoms with van der Waals surface area (Å²) in [5.41, 5.74) is 2.91. The van der Waals surface area contributed by atoms with E-state index in [1.54, 1.807) is 0 Å². The molecule has 3 fully saturated rings. The van der Waals surface area contributed by atoms with Gasteiger partial charge in [0.1, 0.15) is 27.9 Å². The van der Waals surface area contributed by atoms with Crippen molar-refractivity contribution in [3.05, 3.63) is 35.4 Å². The van der Waals surface area contributed by atoms with E-state index in [1.807, 2.05) is 12.3 Å². The highest BCUT2D eigenvalue weighted by atomic mass is 35.5. The zero-order valence-corrected chi connectivity index (χ0v) is 18.2. The molecule has 2 bridgehead atoms. The van der Waals surface area contributed by atoms with Gasteiger partial charge in [0.15, 0.2) is 11.5 Å². The largest absolute Gasteiger partial charge is 0.491 e. The third-order valence-electron chi connectivity index (χ3n) is 6.89. The second-order valence-corrected chi connectivity index (χ2v) is 9.53. The summed E-state index contributed by atoms with van der Waals surface area (Å²) >= 11 is 6.11. The summed E-state index contributed by atoms with van der Waals surface area (Å²) in [5.74, 6) is 4.19. The predicted octanol–water partition coefficient (Wildman–Crippen LogP) is 5.07. The normalized spacial score (nSPS) is 27.4. The molecule has 1 unspecified atom stereocenters. The van der Waals surface area contributed by atoms with Gasteiger partial charge < -0.3 is 15.0 Å². The Bertz CT molecular complexity index is 1170. The van der Waals surface area contributed by atoms with Crippen LogP contribution in [0.1, 0.15) is 44.7 Å². The lowest BCUT2D eigenvalue weighted by Crippen LogP contribution is -2.40. The number of fused-ring (bicyclic) bond motifs is 4. The summed E-state index contributed by atoms with van der Waals surface area (Å²) in [6.07, 6.45) is 12.1. The van der Waals surface area contributed by atoms with Crippen LogP contribution in [-0.2, 0) is 4.74 Å². The quantitative estimate of drug-likeness (QED) is 0.593. The van der Waals surface area contributed by atoms with E-state index < -0.39 is 0 Å². The lowest BCUT2D eigenvalue weighted by atomic mass is 9.68. The third-order valence-corrected chi connectivity index (χ3v) is 7.07. The van der Waals surface area contributed by atoms with Gasteiger partial charge in [0, 0.05) is 24.2 Å². The van der Waals surface area contributed by atoms with Crippen LogP contribution in [-0.4, -0.2) is 37.6 Å². The summed E-state index contributed by atoms with van der Waals surface area (Å²) in [6.45, 7) is 2.82. The molecule has 3 saturated carbocycles. The molecule has 3 aliphatic carbocycles. The fraction of sp³-hybridized carbons (Fsp3) is 0.478. The van der Waals surface area contributed by atoms with E-state index in [4.69, 9.17) is 26.3 Å². The average Bonchev–Trinajstić information content (AvgIpc) is 3.40. The number of ether oxygens (including phenoxy) is 1. The summed E-state index contributed by atoms with van der Waals surface area (Å²) in [4.78, 5) is 21.7. The molecule has 0 spiro atoms. The number of H-pyrrole nitrogens is 1. The smallest absolute Gasteiger partial charge is 0.166 e.